The van der Waals surface area contributed by atoms with E-state index >= 15 is 0 Å². The van der Waals surface area contributed by atoms with Gasteiger partial charge in [0.1, 0.15) is 11.5 Å². The molecular weight excluding hydrogens is 371 g/mol. The van der Waals surface area contributed by atoms with E-state index in [1.165, 1.54) is 0 Å². The molecular formula is C16H10F2IN. The van der Waals surface area contributed by atoms with E-state index in [0.29, 0.717) is 20.6 Å². The van der Waals surface area contributed by atoms with E-state index in [1.807, 2.05) is 52.9 Å². The summed E-state index contributed by atoms with van der Waals surface area (Å²) in [5.74, 6) is -0.394. The molecule has 0 aliphatic heterocycles. The van der Waals surface area contributed by atoms with Crippen LogP contribution in [0.15, 0.2) is 42.2 Å². The summed E-state index contributed by atoms with van der Waals surface area (Å²) in [6, 6.07) is 7.35. The van der Waals surface area contributed by atoms with Crippen LogP contribution in [0.2, 0.25) is 0 Å². The van der Waals surface area contributed by atoms with Gasteiger partial charge in [0.2, 0.25) is 0 Å². The van der Waals surface area contributed by atoms with Crippen LogP contribution in [0.4, 0.5) is 8.78 Å². The van der Waals surface area contributed by atoms with E-state index in [2.05, 4.69) is 4.98 Å². The van der Waals surface area contributed by atoms with Crippen molar-refractivity contribution in [1.29, 1.82) is 0 Å². The van der Waals surface area contributed by atoms with Crippen LogP contribution in [0.1, 0.15) is 12.1 Å². The fourth-order valence-corrected chi connectivity index (χ4v) is 3.45. The topological polar surface area (TPSA) is 12.9 Å². The van der Waals surface area contributed by atoms with Gasteiger partial charge in [0.05, 0.1) is 9.09 Å². The number of halogens is 3. The van der Waals surface area contributed by atoms with Gasteiger partial charge in [-0.2, -0.15) is 0 Å². The van der Waals surface area contributed by atoms with E-state index in [4.69, 9.17) is 0 Å². The summed E-state index contributed by atoms with van der Waals surface area (Å²) in [4.78, 5) is 4.33. The number of fused-ring (bicyclic) bond motifs is 2. The summed E-state index contributed by atoms with van der Waals surface area (Å²) >= 11 is 1.96. The average Bonchev–Trinajstić information content (AvgIpc) is 3.24. The van der Waals surface area contributed by atoms with Crippen molar-refractivity contribution in [2.45, 2.75) is 6.42 Å². The van der Waals surface area contributed by atoms with Crippen molar-refractivity contribution in [3.05, 3.63) is 57.3 Å². The minimum Gasteiger partial charge on any atom is -0.245 e. The first kappa shape index (κ1) is 12.4. The molecule has 1 aromatic carbocycles. The molecule has 100 valence electrons. The molecule has 4 rings (SSSR count). The molecule has 0 radical (unpaired) electrons. The number of para-hydroxylation sites is 1. The molecule has 2 aliphatic rings. The Labute approximate surface area is 128 Å². The van der Waals surface area contributed by atoms with Gasteiger partial charge in [0.15, 0.2) is 5.82 Å². The van der Waals surface area contributed by atoms with E-state index < -0.39 is 5.82 Å². The fourth-order valence-electron chi connectivity index (χ4n) is 2.74. The third kappa shape index (κ3) is 1.74. The highest BCUT2D eigenvalue weighted by Gasteiger charge is 2.42. The zero-order valence-corrected chi connectivity index (χ0v) is 12.6. The number of rotatable bonds is 1. The second kappa shape index (κ2) is 4.35. The van der Waals surface area contributed by atoms with Gasteiger partial charge in [-0.1, -0.05) is 30.4 Å². The lowest BCUT2D eigenvalue weighted by atomic mass is 10.0. The molecule has 20 heavy (non-hydrogen) atoms. The predicted molar refractivity (Wildman–Crippen MR) is 83.2 cm³/mol. The molecule has 0 bridgehead atoms. The Morgan fingerprint density at radius 3 is 2.85 bits per heavy atom. The summed E-state index contributed by atoms with van der Waals surface area (Å²) in [7, 11) is 0. The first-order valence-corrected chi connectivity index (χ1v) is 7.56. The van der Waals surface area contributed by atoms with E-state index in [-0.39, 0.29) is 17.4 Å². The normalized spacial score (nSPS) is 24.1. The smallest absolute Gasteiger partial charge is 0.163 e. The molecule has 4 heteroatoms. The van der Waals surface area contributed by atoms with Gasteiger partial charge in [-0.15, -0.1) is 0 Å². The molecule has 1 saturated carbocycles. The van der Waals surface area contributed by atoms with E-state index in [1.54, 1.807) is 6.08 Å². The van der Waals surface area contributed by atoms with E-state index in [9.17, 15) is 8.78 Å². The third-order valence-corrected chi connectivity index (χ3v) is 5.02. The Morgan fingerprint density at radius 2 is 2.00 bits per heavy atom. The monoisotopic (exact) mass is 381 g/mol. The number of hydrogen-bond donors (Lipinski definition) is 0. The van der Waals surface area contributed by atoms with Crippen molar-refractivity contribution in [1.82, 2.24) is 4.98 Å². The number of pyridine rings is 1. The summed E-state index contributed by atoms with van der Waals surface area (Å²) in [6.45, 7) is 0. The number of aromatic nitrogens is 1. The Morgan fingerprint density at radius 1 is 1.20 bits per heavy atom. The SMILES string of the molecule is FC1=C(c2nc3ccccc3c(I)c2F)C=CC2CC12. The van der Waals surface area contributed by atoms with E-state index in [0.717, 1.165) is 11.8 Å². The maximum atomic E-state index is 14.5. The Kier molecular flexibility index (Phi) is 2.70. The van der Waals surface area contributed by atoms with Crippen molar-refractivity contribution in [3.8, 4) is 0 Å². The van der Waals surface area contributed by atoms with Gasteiger partial charge >= 0.3 is 0 Å². The van der Waals surface area contributed by atoms with Gasteiger partial charge in [0, 0.05) is 16.9 Å². The average molecular weight is 381 g/mol. The zero-order valence-electron chi connectivity index (χ0n) is 10.4. The molecule has 0 N–H and O–H groups in total. The molecule has 2 unspecified atom stereocenters. The maximum absolute atomic E-state index is 14.5. The minimum absolute atomic E-state index is 0.0552. The molecule has 1 nitrogen and oxygen atoms in total. The Balaban J connectivity index is 1.99. The van der Waals surface area contributed by atoms with Crippen LogP contribution < -0.4 is 0 Å². The van der Waals surface area contributed by atoms with Crippen LogP contribution in [0.25, 0.3) is 16.5 Å². The van der Waals surface area contributed by atoms with Crippen molar-refractivity contribution in [2.24, 2.45) is 11.8 Å². The highest BCUT2D eigenvalue weighted by molar-refractivity contribution is 14.1. The second-order valence-electron chi connectivity index (χ2n) is 5.23. The van der Waals surface area contributed by atoms with Crippen LogP contribution >= 0.6 is 22.6 Å². The summed E-state index contributed by atoms with van der Waals surface area (Å²) in [6.07, 6.45) is 4.48. The van der Waals surface area contributed by atoms with Gasteiger partial charge in [-0.3, -0.25) is 0 Å². The molecule has 2 aliphatic carbocycles. The minimum atomic E-state index is -0.432. The molecule has 0 amide bonds. The second-order valence-corrected chi connectivity index (χ2v) is 6.31. The summed E-state index contributed by atoms with van der Waals surface area (Å²) in [5.41, 5.74) is 1.14. The maximum Gasteiger partial charge on any atom is 0.163 e. The summed E-state index contributed by atoms with van der Waals surface area (Å²) < 4.78 is 29.3. The fraction of sp³-hybridized carbons (Fsp3) is 0.188. The quantitative estimate of drug-likeness (QED) is 0.643. The molecule has 0 spiro atoms. The molecule has 2 aromatic rings. The molecule has 1 aromatic heterocycles. The van der Waals surface area contributed by atoms with Crippen molar-refractivity contribution >= 4 is 39.1 Å². The van der Waals surface area contributed by atoms with Crippen molar-refractivity contribution < 1.29 is 8.78 Å². The third-order valence-electron chi connectivity index (χ3n) is 3.96. The van der Waals surface area contributed by atoms with Crippen LogP contribution in [-0.2, 0) is 0 Å². The number of allylic oxidation sites excluding steroid dienone is 4. The number of nitrogens with zero attached hydrogens (tertiary/aromatic N) is 1. The standard InChI is InChI=1S/C16H10F2IN/c17-13-10(6-5-8-7-11(8)13)16-14(18)15(19)9-3-1-2-4-12(9)20-16/h1-6,8,11H,7H2. The summed E-state index contributed by atoms with van der Waals surface area (Å²) in [5, 5.41) is 0.763. The highest BCUT2D eigenvalue weighted by atomic mass is 127. The van der Waals surface area contributed by atoms with Crippen molar-refractivity contribution in [3.63, 3.8) is 0 Å². The van der Waals surface area contributed by atoms with Gasteiger partial charge in [-0.05, 0) is 41.0 Å². The first-order valence-electron chi connectivity index (χ1n) is 6.49. The van der Waals surface area contributed by atoms with Crippen LogP contribution in [-0.4, -0.2) is 4.98 Å². The molecule has 1 fully saturated rings. The zero-order chi connectivity index (χ0) is 13.9. The van der Waals surface area contributed by atoms with Crippen LogP contribution in [0.3, 0.4) is 0 Å². The molecule has 1 heterocycles. The lowest BCUT2D eigenvalue weighted by molar-refractivity contribution is 0.565. The van der Waals surface area contributed by atoms with Gasteiger partial charge in [0.25, 0.3) is 0 Å². The Hall–Kier alpha value is -1.30. The number of hydrogen-bond acceptors (Lipinski definition) is 1. The first-order chi connectivity index (χ1) is 9.66. The van der Waals surface area contributed by atoms with Gasteiger partial charge in [-0.25, -0.2) is 13.8 Å². The van der Waals surface area contributed by atoms with Crippen molar-refractivity contribution in [2.75, 3.05) is 0 Å². The lowest BCUT2D eigenvalue weighted by Gasteiger charge is -2.12. The Bertz CT molecular complexity index is 794. The largest absolute Gasteiger partial charge is 0.245 e. The predicted octanol–water partition coefficient (Wildman–Crippen LogP) is 4.87. The molecule has 2 atom stereocenters. The van der Waals surface area contributed by atoms with Crippen LogP contribution in [0.5, 0.6) is 0 Å². The highest BCUT2D eigenvalue weighted by Crippen LogP contribution is 2.51. The van der Waals surface area contributed by atoms with Gasteiger partial charge < -0.3 is 0 Å². The van der Waals surface area contributed by atoms with Crippen LogP contribution in [0, 0.1) is 21.2 Å². The lowest BCUT2D eigenvalue weighted by Crippen LogP contribution is -2.02. The molecule has 0 saturated heterocycles. The number of benzene rings is 1.